The molecule has 0 bridgehead atoms. The molecule has 1 aromatic carbocycles. The van der Waals surface area contributed by atoms with Crippen molar-refractivity contribution in [2.45, 2.75) is 18.2 Å². The van der Waals surface area contributed by atoms with Crippen molar-refractivity contribution in [1.29, 1.82) is 0 Å². The van der Waals surface area contributed by atoms with Crippen molar-refractivity contribution in [3.8, 4) is 0 Å². The van der Waals surface area contributed by atoms with E-state index in [1.165, 1.54) is 41.0 Å². The SMILES string of the molecule is COC(=O)C1c2ccsc2CCN1S(=O)(=O)Cc1cccc(F)c1. The molecule has 5 nitrogen and oxygen atoms in total. The van der Waals surface area contributed by atoms with Crippen molar-refractivity contribution in [1.82, 2.24) is 4.31 Å². The van der Waals surface area contributed by atoms with Crippen LogP contribution in [0.15, 0.2) is 35.7 Å². The molecule has 24 heavy (non-hydrogen) atoms. The first-order chi connectivity index (χ1) is 11.4. The Morgan fingerprint density at radius 3 is 2.92 bits per heavy atom. The average Bonchev–Trinajstić information content (AvgIpc) is 3.01. The van der Waals surface area contributed by atoms with Gasteiger partial charge in [0.15, 0.2) is 0 Å². The number of thiophene rings is 1. The molecule has 0 spiro atoms. The maximum atomic E-state index is 13.3. The van der Waals surface area contributed by atoms with Crippen molar-refractivity contribution < 1.29 is 22.3 Å². The second-order valence-electron chi connectivity index (χ2n) is 5.47. The van der Waals surface area contributed by atoms with Crippen LogP contribution in [0.5, 0.6) is 0 Å². The molecule has 128 valence electrons. The number of methoxy groups -OCH3 is 1. The number of halogens is 1. The van der Waals surface area contributed by atoms with Crippen molar-refractivity contribution >= 4 is 27.3 Å². The summed E-state index contributed by atoms with van der Waals surface area (Å²) in [4.78, 5) is 13.2. The van der Waals surface area contributed by atoms with Gasteiger partial charge in [-0.05, 0) is 41.1 Å². The van der Waals surface area contributed by atoms with E-state index in [0.717, 1.165) is 4.88 Å². The van der Waals surface area contributed by atoms with Gasteiger partial charge in [0.2, 0.25) is 10.0 Å². The number of fused-ring (bicyclic) bond motifs is 1. The number of carbonyl (C=O) groups excluding carboxylic acids is 1. The Hall–Kier alpha value is -1.77. The summed E-state index contributed by atoms with van der Waals surface area (Å²) in [5.74, 6) is -1.47. The van der Waals surface area contributed by atoms with Crippen LogP contribution < -0.4 is 0 Å². The van der Waals surface area contributed by atoms with Gasteiger partial charge in [0.25, 0.3) is 0 Å². The van der Waals surface area contributed by atoms with Crippen molar-refractivity contribution in [3.05, 3.63) is 57.5 Å². The van der Waals surface area contributed by atoms with Gasteiger partial charge < -0.3 is 4.74 Å². The fraction of sp³-hybridized carbons (Fsp3) is 0.312. The third kappa shape index (κ3) is 3.22. The van der Waals surface area contributed by atoms with Gasteiger partial charge >= 0.3 is 5.97 Å². The van der Waals surface area contributed by atoms with Gasteiger partial charge in [0, 0.05) is 11.4 Å². The summed E-state index contributed by atoms with van der Waals surface area (Å²) in [6.45, 7) is 0.199. The molecule has 0 N–H and O–H groups in total. The van der Waals surface area contributed by atoms with Crippen LogP contribution in [0.2, 0.25) is 0 Å². The van der Waals surface area contributed by atoms with Crippen LogP contribution >= 0.6 is 11.3 Å². The number of rotatable bonds is 4. The predicted octanol–water partition coefficient (Wildman–Crippen LogP) is 2.49. The maximum Gasteiger partial charge on any atom is 0.328 e. The highest BCUT2D eigenvalue weighted by molar-refractivity contribution is 7.88. The van der Waals surface area contributed by atoms with Crippen LogP contribution in [0.25, 0.3) is 0 Å². The fourth-order valence-corrected chi connectivity index (χ4v) is 5.43. The number of nitrogens with zero attached hydrogens (tertiary/aromatic N) is 1. The smallest absolute Gasteiger partial charge is 0.328 e. The lowest BCUT2D eigenvalue weighted by Crippen LogP contribution is -2.43. The monoisotopic (exact) mass is 369 g/mol. The van der Waals surface area contributed by atoms with E-state index in [1.807, 2.05) is 5.38 Å². The third-order valence-electron chi connectivity index (χ3n) is 3.94. The first kappa shape index (κ1) is 17.1. The van der Waals surface area contributed by atoms with Gasteiger partial charge in [-0.1, -0.05) is 12.1 Å². The van der Waals surface area contributed by atoms with Crippen LogP contribution in [0.3, 0.4) is 0 Å². The standard InChI is InChI=1S/C16H16FNO4S2/c1-22-16(19)15-13-6-8-23-14(13)5-7-18(15)24(20,21)10-11-3-2-4-12(17)9-11/h2-4,6,8-9,15H,5,7,10H2,1H3. The first-order valence-electron chi connectivity index (χ1n) is 7.30. The van der Waals surface area contributed by atoms with Gasteiger partial charge in [-0.15, -0.1) is 11.3 Å². The van der Waals surface area contributed by atoms with Crippen LogP contribution in [0, 0.1) is 5.82 Å². The molecule has 1 aliphatic heterocycles. The lowest BCUT2D eigenvalue weighted by Gasteiger charge is -2.33. The Morgan fingerprint density at radius 2 is 2.21 bits per heavy atom. The Balaban J connectivity index is 1.95. The molecule has 0 aliphatic carbocycles. The minimum atomic E-state index is -3.81. The molecule has 0 saturated heterocycles. The Labute approximate surface area is 143 Å². The topological polar surface area (TPSA) is 63.7 Å². The molecule has 1 unspecified atom stereocenters. The highest BCUT2D eigenvalue weighted by Crippen LogP contribution is 2.36. The Morgan fingerprint density at radius 1 is 1.42 bits per heavy atom. The number of hydrogen-bond donors (Lipinski definition) is 0. The largest absolute Gasteiger partial charge is 0.468 e. The van der Waals surface area contributed by atoms with Crippen LogP contribution in [0.1, 0.15) is 22.0 Å². The highest BCUT2D eigenvalue weighted by Gasteiger charge is 2.41. The van der Waals surface area contributed by atoms with Crippen LogP contribution in [0.4, 0.5) is 4.39 Å². The molecule has 3 rings (SSSR count). The second-order valence-corrected chi connectivity index (χ2v) is 8.39. The Bertz CT molecular complexity index is 862. The highest BCUT2D eigenvalue weighted by atomic mass is 32.2. The molecule has 0 saturated carbocycles. The van der Waals surface area contributed by atoms with Crippen molar-refractivity contribution in [3.63, 3.8) is 0 Å². The van der Waals surface area contributed by atoms with E-state index in [-0.39, 0.29) is 12.3 Å². The van der Waals surface area contributed by atoms with Gasteiger partial charge in [0.1, 0.15) is 11.9 Å². The zero-order valence-electron chi connectivity index (χ0n) is 12.9. The van der Waals surface area contributed by atoms with E-state index in [1.54, 1.807) is 12.1 Å². The quantitative estimate of drug-likeness (QED) is 0.777. The minimum absolute atomic E-state index is 0.199. The summed E-state index contributed by atoms with van der Waals surface area (Å²) in [5, 5.41) is 1.84. The van der Waals surface area contributed by atoms with E-state index in [4.69, 9.17) is 4.74 Å². The first-order valence-corrected chi connectivity index (χ1v) is 9.79. The summed E-state index contributed by atoms with van der Waals surface area (Å²) in [5.41, 5.74) is 1.01. The molecule has 0 amide bonds. The van der Waals surface area contributed by atoms with Crippen LogP contribution in [-0.4, -0.2) is 32.3 Å². The summed E-state index contributed by atoms with van der Waals surface area (Å²) in [7, 11) is -2.57. The molecule has 0 radical (unpaired) electrons. The molecule has 1 aliphatic rings. The normalized spacial score (nSPS) is 18.2. The zero-order chi connectivity index (χ0) is 17.3. The summed E-state index contributed by atoms with van der Waals surface area (Å²) in [6, 6.07) is 6.23. The molecule has 2 aromatic rings. The molecular formula is C16H16FNO4S2. The summed E-state index contributed by atoms with van der Waals surface area (Å²) in [6.07, 6.45) is 0.545. The van der Waals surface area contributed by atoms with Gasteiger partial charge in [-0.25, -0.2) is 17.6 Å². The third-order valence-corrected chi connectivity index (χ3v) is 6.74. The van der Waals surface area contributed by atoms with Crippen molar-refractivity contribution in [2.75, 3.05) is 13.7 Å². The second kappa shape index (κ2) is 6.62. The lowest BCUT2D eigenvalue weighted by atomic mass is 10.0. The maximum absolute atomic E-state index is 13.3. The molecule has 0 fully saturated rings. The Kier molecular flexibility index (Phi) is 4.71. The number of ether oxygens (including phenoxy) is 1. The van der Waals surface area contributed by atoms with Crippen molar-refractivity contribution in [2.24, 2.45) is 0 Å². The average molecular weight is 369 g/mol. The zero-order valence-corrected chi connectivity index (χ0v) is 14.6. The van der Waals surface area contributed by atoms with Gasteiger partial charge in [-0.2, -0.15) is 4.31 Å². The molecule has 2 heterocycles. The van der Waals surface area contributed by atoms with Crippen LogP contribution in [-0.2, 0) is 31.7 Å². The summed E-state index contributed by atoms with van der Waals surface area (Å²) >= 11 is 1.50. The molecule has 8 heteroatoms. The predicted molar refractivity (Wildman–Crippen MR) is 88.5 cm³/mol. The number of carbonyl (C=O) groups is 1. The van der Waals surface area contributed by atoms with E-state index >= 15 is 0 Å². The number of esters is 1. The van der Waals surface area contributed by atoms with E-state index in [2.05, 4.69) is 0 Å². The van der Waals surface area contributed by atoms with Gasteiger partial charge in [0.05, 0.1) is 12.9 Å². The minimum Gasteiger partial charge on any atom is -0.468 e. The summed E-state index contributed by atoms with van der Waals surface area (Å²) < 4.78 is 44.9. The molecule has 1 atom stereocenters. The van der Waals surface area contributed by atoms with E-state index in [0.29, 0.717) is 17.5 Å². The molecular weight excluding hydrogens is 353 g/mol. The number of benzene rings is 1. The fourth-order valence-electron chi connectivity index (χ4n) is 2.87. The number of sulfonamides is 1. The number of hydrogen-bond acceptors (Lipinski definition) is 5. The van der Waals surface area contributed by atoms with E-state index in [9.17, 15) is 17.6 Å². The van der Waals surface area contributed by atoms with E-state index < -0.39 is 27.9 Å². The lowest BCUT2D eigenvalue weighted by molar-refractivity contribution is -0.145. The molecule has 1 aromatic heterocycles. The van der Waals surface area contributed by atoms with Gasteiger partial charge in [-0.3, -0.25) is 0 Å².